The molecule has 0 aliphatic heterocycles. The fourth-order valence-corrected chi connectivity index (χ4v) is 2.16. The maximum atomic E-state index is 14.0. The summed E-state index contributed by atoms with van der Waals surface area (Å²) in [6, 6.07) is 4.78. The van der Waals surface area contributed by atoms with Gasteiger partial charge in [0.2, 0.25) is 0 Å². The SMILES string of the molecule is C#CCN(CC1CC1)c1c(F)cccc1C(C)O. The Morgan fingerprint density at radius 3 is 2.83 bits per heavy atom. The van der Waals surface area contributed by atoms with Gasteiger partial charge in [-0.1, -0.05) is 18.1 Å². The smallest absolute Gasteiger partial charge is 0.146 e. The van der Waals surface area contributed by atoms with E-state index in [1.54, 1.807) is 19.1 Å². The Bertz CT molecular complexity index is 460. The summed E-state index contributed by atoms with van der Waals surface area (Å²) in [4.78, 5) is 1.87. The minimum Gasteiger partial charge on any atom is -0.389 e. The van der Waals surface area contributed by atoms with E-state index in [-0.39, 0.29) is 5.82 Å². The van der Waals surface area contributed by atoms with Crippen molar-refractivity contribution in [2.45, 2.75) is 25.9 Å². The van der Waals surface area contributed by atoms with Crippen molar-refractivity contribution < 1.29 is 9.50 Å². The molecule has 1 aromatic carbocycles. The van der Waals surface area contributed by atoms with Gasteiger partial charge in [0.15, 0.2) is 0 Å². The van der Waals surface area contributed by atoms with E-state index in [1.807, 2.05) is 4.90 Å². The Hall–Kier alpha value is -1.53. The number of aliphatic hydroxyl groups excluding tert-OH is 1. The number of terminal acetylenes is 1. The second-order valence-corrected chi connectivity index (χ2v) is 4.88. The summed E-state index contributed by atoms with van der Waals surface area (Å²) < 4.78 is 14.0. The molecule has 0 amide bonds. The predicted molar refractivity (Wildman–Crippen MR) is 70.8 cm³/mol. The Balaban J connectivity index is 2.35. The molecule has 3 heteroatoms. The second-order valence-electron chi connectivity index (χ2n) is 4.88. The molecule has 0 spiro atoms. The van der Waals surface area contributed by atoms with Crippen LogP contribution in [0, 0.1) is 24.1 Å². The third kappa shape index (κ3) is 2.83. The van der Waals surface area contributed by atoms with Crippen molar-refractivity contribution in [3.8, 4) is 12.3 Å². The van der Waals surface area contributed by atoms with Crippen LogP contribution in [0.2, 0.25) is 0 Å². The monoisotopic (exact) mass is 247 g/mol. The van der Waals surface area contributed by atoms with E-state index < -0.39 is 6.10 Å². The van der Waals surface area contributed by atoms with E-state index in [0.29, 0.717) is 23.7 Å². The molecule has 2 nitrogen and oxygen atoms in total. The largest absolute Gasteiger partial charge is 0.389 e. The van der Waals surface area contributed by atoms with Gasteiger partial charge in [-0.15, -0.1) is 6.42 Å². The second kappa shape index (κ2) is 5.41. The highest BCUT2D eigenvalue weighted by molar-refractivity contribution is 5.56. The summed E-state index contributed by atoms with van der Waals surface area (Å²) in [7, 11) is 0. The fourth-order valence-electron chi connectivity index (χ4n) is 2.16. The van der Waals surface area contributed by atoms with Crippen LogP contribution < -0.4 is 4.90 Å². The van der Waals surface area contributed by atoms with E-state index in [0.717, 1.165) is 6.54 Å². The lowest BCUT2D eigenvalue weighted by Crippen LogP contribution is -2.28. The first-order valence-electron chi connectivity index (χ1n) is 6.28. The molecule has 1 aromatic rings. The maximum absolute atomic E-state index is 14.0. The molecule has 0 bridgehead atoms. The van der Waals surface area contributed by atoms with Gasteiger partial charge < -0.3 is 10.0 Å². The number of benzene rings is 1. The van der Waals surface area contributed by atoms with E-state index >= 15 is 0 Å². The Labute approximate surface area is 107 Å². The quantitative estimate of drug-likeness (QED) is 0.809. The van der Waals surface area contributed by atoms with E-state index in [1.165, 1.54) is 18.9 Å². The van der Waals surface area contributed by atoms with Gasteiger partial charge in [0, 0.05) is 12.1 Å². The van der Waals surface area contributed by atoms with Gasteiger partial charge in [0.25, 0.3) is 0 Å². The number of anilines is 1. The zero-order valence-corrected chi connectivity index (χ0v) is 10.6. The van der Waals surface area contributed by atoms with Gasteiger partial charge in [-0.3, -0.25) is 0 Å². The molecule has 18 heavy (non-hydrogen) atoms. The van der Waals surface area contributed by atoms with Crippen LogP contribution in [0.15, 0.2) is 18.2 Å². The molecule has 0 aromatic heterocycles. The number of halogens is 1. The van der Waals surface area contributed by atoms with Crippen molar-refractivity contribution in [1.29, 1.82) is 0 Å². The van der Waals surface area contributed by atoms with Crippen LogP contribution in [0.25, 0.3) is 0 Å². The van der Waals surface area contributed by atoms with E-state index in [2.05, 4.69) is 5.92 Å². The Kier molecular flexibility index (Phi) is 3.88. The predicted octanol–water partition coefficient (Wildman–Crippen LogP) is 2.73. The third-order valence-corrected chi connectivity index (χ3v) is 3.24. The summed E-state index contributed by atoms with van der Waals surface area (Å²) in [5, 5.41) is 9.75. The highest BCUT2D eigenvalue weighted by Gasteiger charge is 2.27. The Morgan fingerprint density at radius 1 is 1.56 bits per heavy atom. The van der Waals surface area contributed by atoms with Crippen LogP contribution in [0.5, 0.6) is 0 Å². The molecule has 2 rings (SSSR count). The van der Waals surface area contributed by atoms with Crippen molar-refractivity contribution in [2.24, 2.45) is 5.92 Å². The number of para-hydroxylation sites is 1. The van der Waals surface area contributed by atoms with Crippen molar-refractivity contribution in [3.63, 3.8) is 0 Å². The minimum absolute atomic E-state index is 0.315. The molecular formula is C15H18FNO. The number of hydrogen-bond acceptors (Lipinski definition) is 2. The third-order valence-electron chi connectivity index (χ3n) is 3.24. The number of hydrogen-bond donors (Lipinski definition) is 1. The van der Waals surface area contributed by atoms with Gasteiger partial charge in [0.05, 0.1) is 18.3 Å². The first-order chi connectivity index (χ1) is 8.63. The highest BCUT2D eigenvalue weighted by Crippen LogP contribution is 2.35. The van der Waals surface area contributed by atoms with Crippen LogP contribution in [0.3, 0.4) is 0 Å². The number of nitrogens with zero attached hydrogens (tertiary/aromatic N) is 1. The highest BCUT2D eigenvalue weighted by atomic mass is 19.1. The van der Waals surface area contributed by atoms with Crippen molar-refractivity contribution in [2.75, 3.05) is 18.0 Å². The van der Waals surface area contributed by atoms with Crippen LogP contribution in [0.1, 0.15) is 31.4 Å². The van der Waals surface area contributed by atoms with Crippen molar-refractivity contribution >= 4 is 5.69 Å². The molecule has 1 N–H and O–H groups in total. The lowest BCUT2D eigenvalue weighted by atomic mass is 10.1. The summed E-state index contributed by atoms with van der Waals surface area (Å²) >= 11 is 0. The van der Waals surface area contributed by atoms with Crippen molar-refractivity contribution in [1.82, 2.24) is 0 Å². The van der Waals surface area contributed by atoms with E-state index in [9.17, 15) is 9.50 Å². The van der Waals surface area contributed by atoms with Gasteiger partial charge in [-0.25, -0.2) is 4.39 Å². The standard InChI is InChI=1S/C15H18FNO/c1-3-9-17(10-12-7-8-12)15-13(11(2)18)5-4-6-14(15)16/h1,4-6,11-12,18H,7-10H2,2H3. The lowest BCUT2D eigenvalue weighted by Gasteiger charge is -2.26. The zero-order chi connectivity index (χ0) is 13.1. The average molecular weight is 247 g/mol. The van der Waals surface area contributed by atoms with E-state index in [4.69, 9.17) is 6.42 Å². The first kappa shape index (κ1) is 12.9. The summed E-state index contributed by atoms with van der Waals surface area (Å²) in [5.74, 6) is 2.87. The summed E-state index contributed by atoms with van der Waals surface area (Å²) in [5.41, 5.74) is 1.06. The topological polar surface area (TPSA) is 23.5 Å². The summed E-state index contributed by atoms with van der Waals surface area (Å²) in [6.07, 6.45) is 7.02. The molecule has 1 aliphatic carbocycles. The molecule has 1 fully saturated rings. The normalized spacial score (nSPS) is 16.1. The molecular weight excluding hydrogens is 229 g/mol. The molecule has 1 aliphatic rings. The minimum atomic E-state index is -0.699. The summed E-state index contributed by atoms with van der Waals surface area (Å²) in [6.45, 7) is 2.78. The first-order valence-corrected chi connectivity index (χ1v) is 6.28. The number of aliphatic hydroxyl groups is 1. The molecule has 0 saturated heterocycles. The fraction of sp³-hybridized carbons (Fsp3) is 0.467. The van der Waals surface area contributed by atoms with Crippen LogP contribution >= 0.6 is 0 Å². The van der Waals surface area contributed by atoms with Gasteiger partial charge in [0.1, 0.15) is 5.82 Å². The van der Waals surface area contributed by atoms with Crippen molar-refractivity contribution in [3.05, 3.63) is 29.6 Å². The zero-order valence-electron chi connectivity index (χ0n) is 10.6. The maximum Gasteiger partial charge on any atom is 0.146 e. The molecule has 1 saturated carbocycles. The molecule has 96 valence electrons. The van der Waals surface area contributed by atoms with Crippen LogP contribution in [-0.2, 0) is 0 Å². The average Bonchev–Trinajstić information content (AvgIpc) is 3.12. The van der Waals surface area contributed by atoms with Gasteiger partial charge in [-0.05, 0) is 31.7 Å². The molecule has 1 atom stereocenters. The van der Waals surface area contributed by atoms with Gasteiger partial charge in [-0.2, -0.15) is 0 Å². The molecule has 1 unspecified atom stereocenters. The Morgan fingerprint density at radius 2 is 2.28 bits per heavy atom. The number of rotatable bonds is 5. The molecule has 0 radical (unpaired) electrons. The van der Waals surface area contributed by atoms with Crippen LogP contribution in [-0.4, -0.2) is 18.2 Å². The van der Waals surface area contributed by atoms with Gasteiger partial charge >= 0.3 is 0 Å². The van der Waals surface area contributed by atoms with Crippen LogP contribution in [0.4, 0.5) is 10.1 Å². The molecule has 0 heterocycles. The lowest BCUT2D eigenvalue weighted by molar-refractivity contribution is 0.199.